The monoisotopic (exact) mass is 342 g/mol. The van der Waals surface area contributed by atoms with Gasteiger partial charge in [-0.1, -0.05) is 19.9 Å². The molecule has 3 rings (SSSR count). The molecule has 2 N–H and O–H groups in total. The normalized spacial score (nSPS) is 17.5. The fourth-order valence-corrected chi connectivity index (χ4v) is 2.93. The summed E-state index contributed by atoms with van der Waals surface area (Å²) in [7, 11) is 0. The molecule has 2 aromatic rings. The highest BCUT2D eigenvalue weighted by Crippen LogP contribution is 2.22. The van der Waals surface area contributed by atoms with E-state index in [1.807, 2.05) is 26.0 Å². The van der Waals surface area contributed by atoms with Gasteiger partial charge in [0.05, 0.1) is 6.20 Å². The van der Waals surface area contributed by atoms with E-state index in [1.54, 1.807) is 23.2 Å². The Morgan fingerprint density at radius 3 is 3.04 bits per heavy atom. The Kier molecular flexibility index (Phi) is 5.02. The number of anilines is 1. The average Bonchev–Trinajstić information content (AvgIpc) is 3.11. The van der Waals surface area contributed by atoms with Gasteiger partial charge in [-0.15, -0.1) is 0 Å². The largest absolute Gasteiger partial charge is 0.445 e. The molecule has 0 bridgehead atoms. The van der Waals surface area contributed by atoms with Crippen molar-refractivity contribution >= 4 is 17.6 Å². The minimum Gasteiger partial charge on any atom is -0.445 e. The number of nitrogens with one attached hydrogen (secondary N) is 2. The standard InChI is InChI=1S/C18H22N4O3/c1-12(2)10-15-16(23)19-6-8-22(15)18(24)21-14-5-3-4-13(11-14)17-20-7-9-25-17/h3-5,7,9,11-12,15H,6,8,10H2,1-2H3,(H,19,23)(H,21,24)/t15-/m0/s1. The zero-order valence-electron chi connectivity index (χ0n) is 14.4. The number of urea groups is 1. The number of piperazine rings is 1. The molecule has 7 nitrogen and oxygen atoms in total. The molecular weight excluding hydrogens is 320 g/mol. The number of carbonyl (C=O) groups excluding carboxylic acids is 2. The van der Waals surface area contributed by atoms with E-state index in [-0.39, 0.29) is 11.9 Å². The van der Waals surface area contributed by atoms with Crippen LogP contribution in [0.4, 0.5) is 10.5 Å². The van der Waals surface area contributed by atoms with Crippen LogP contribution in [-0.2, 0) is 4.79 Å². The van der Waals surface area contributed by atoms with Crippen molar-refractivity contribution in [1.29, 1.82) is 0 Å². The van der Waals surface area contributed by atoms with E-state index in [0.29, 0.717) is 37.0 Å². The van der Waals surface area contributed by atoms with Crippen LogP contribution in [-0.4, -0.2) is 41.0 Å². The first-order chi connectivity index (χ1) is 12.0. The Morgan fingerprint density at radius 2 is 2.32 bits per heavy atom. The summed E-state index contributed by atoms with van der Waals surface area (Å²) in [6.45, 7) is 5.04. The van der Waals surface area contributed by atoms with Gasteiger partial charge in [0.25, 0.3) is 0 Å². The Balaban J connectivity index is 1.74. The van der Waals surface area contributed by atoms with Crippen molar-refractivity contribution in [3.8, 4) is 11.5 Å². The third kappa shape index (κ3) is 3.99. The molecule has 0 unspecified atom stereocenters. The summed E-state index contributed by atoms with van der Waals surface area (Å²) in [5.41, 5.74) is 1.41. The molecular formula is C18H22N4O3. The number of carbonyl (C=O) groups is 2. The summed E-state index contributed by atoms with van der Waals surface area (Å²) < 4.78 is 5.28. The molecule has 0 aliphatic carbocycles. The summed E-state index contributed by atoms with van der Waals surface area (Å²) >= 11 is 0. The second-order valence-corrected chi connectivity index (χ2v) is 6.48. The van der Waals surface area contributed by atoms with Crippen molar-refractivity contribution < 1.29 is 14.0 Å². The Morgan fingerprint density at radius 1 is 1.48 bits per heavy atom. The van der Waals surface area contributed by atoms with Crippen LogP contribution in [0.5, 0.6) is 0 Å². The van der Waals surface area contributed by atoms with Crippen LogP contribution in [0.3, 0.4) is 0 Å². The zero-order valence-corrected chi connectivity index (χ0v) is 14.4. The lowest BCUT2D eigenvalue weighted by Crippen LogP contribution is -2.58. The van der Waals surface area contributed by atoms with Gasteiger partial charge in [-0.05, 0) is 30.5 Å². The van der Waals surface area contributed by atoms with Crippen LogP contribution in [0.25, 0.3) is 11.5 Å². The van der Waals surface area contributed by atoms with Crippen molar-refractivity contribution in [2.75, 3.05) is 18.4 Å². The molecule has 1 atom stereocenters. The lowest BCUT2D eigenvalue weighted by molar-refractivity contribution is -0.128. The van der Waals surface area contributed by atoms with Crippen LogP contribution >= 0.6 is 0 Å². The van der Waals surface area contributed by atoms with Crippen molar-refractivity contribution in [2.45, 2.75) is 26.3 Å². The average molecular weight is 342 g/mol. The Hall–Kier alpha value is -2.83. The quantitative estimate of drug-likeness (QED) is 0.894. The molecule has 0 spiro atoms. The summed E-state index contributed by atoms with van der Waals surface area (Å²) in [6, 6.07) is 6.56. The first-order valence-corrected chi connectivity index (χ1v) is 8.40. The van der Waals surface area contributed by atoms with Gasteiger partial charge in [0.1, 0.15) is 12.3 Å². The van der Waals surface area contributed by atoms with E-state index in [9.17, 15) is 9.59 Å². The Labute approximate surface area is 146 Å². The number of aromatic nitrogens is 1. The van der Waals surface area contributed by atoms with Crippen LogP contribution in [0.2, 0.25) is 0 Å². The van der Waals surface area contributed by atoms with Crippen molar-refractivity contribution in [2.24, 2.45) is 5.92 Å². The number of benzene rings is 1. The molecule has 0 radical (unpaired) electrons. The summed E-state index contributed by atoms with van der Waals surface area (Å²) in [5, 5.41) is 5.71. The molecule has 1 aromatic carbocycles. The highest BCUT2D eigenvalue weighted by atomic mass is 16.3. The van der Waals surface area contributed by atoms with Crippen LogP contribution in [0.15, 0.2) is 41.1 Å². The van der Waals surface area contributed by atoms with Crippen molar-refractivity contribution in [3.05, 3.63) is 36.7 Å². The molecule has 25 heavy (non-hydrogen) atoms. The maximum Gasteiger partial charge on any atom is 0.322 e. The highest BCUT2D eigenvalue weighted by Gasteiger charge is 2.33. The zero-order chi connectivity index (χ0) is 17.8. The number of nitrogens with zero attached hydrogens (tertiary/aromatic N) is 2. The van der Waals surface area contributed by atoms with Gasteiger partial charge in [-0.3, -0.25) is 4.79 Å². The molecule has 1 aliphatic rings. The third-order valence-corrected chi connectivity index (χ3v) is 4.08. The predicted molar refractivity (Wildman–Crippen MR) is 93.9 cm³/mol. The maximum absolute atomic E-state index is 12.7. The molecule has 3 amide bonds. The van der Waals surface area contributed by atoms with Crippen LogP contribution in [0.1, 0.15) is 20.3 Å². The van der Waals surface area contributed by atoms with E-state index in [4.69, 9.17) is 4.42 Å². The molecule has 2 heterocycles. The van der Waals surface area contributed by atoms with E-state index in [1.165, 1.54) is 6.26 Å². The summed E-state index contributed by atoms with van der Waals surface area (Å²) in [6.07, 6.45) is 3.71. The number of amides is 3. The minimum absolute atomic E-state index is 0.0939. The SMILES string of the molecule is CC(C)C[C@H]1C(=O)NCCN1C(=O)Nc1cccc(-c2ncco2)c1. The molecule has 1 fully saturated rings. The van der Waals surface area contributed by atoms with Gasteiger partial charge < -0.3 is 20.0 Å². The van der Waals surface area contributed by atoms with Gasteiger partial charge in [0.15, 0.2) is 0 Å². The minimum atomic E-state index is -0.441. The van der Waals surface area contributed by atoms with E-state index in [2.05, 4.69) is 15.6 Å². The predicted octanol–water partition coefficient (Wildman–Crippen LogP) is 2.72. The molecule has 0 saturated carbocycles. The van der Waals surface area contributed by atoms with Crippen molar-refractivity contribution in [1.82, 2.24) is 15.2 Å². The summed E-state index contributed by atoms with van der Waals surface area (Å²) in [5.74, 6) is 0.715. The maximum atomic E-state index is 12.7. The third-order valence-electron chi connectivity index (χ3n) is 4.08. The molecule has 1 saturated heterocycles. The van der Waals surface area contributed by atoms with E-state index >= 15 is 0 Å². The topological polar surface area (TPSA) is 87.5 Å². The highest BCUT2D eigenvalue weighted by molar-refractivity contribution is 5.94. The smallest absolute Gasteiger partial charge is 0.322 e. The number of oxazole rings is 1. The molecule has 7 heteroatoms. The first-order valence-electron chi connectivity index (χ1n) is 8.40. The van der Waals surface area contributed by atoms with E-state index < -0.39 is 6.04 Å². The lowest BCUT2D eigenvalue weighted by Gasteiger charge is -2.35. The molecule has 1 aliphatic heterocycles. The number of hydrogen-bond acceptors (Lipinski definition) is 4. The van der Waals surface area contributed by atoms with Crippen molar-refractivity contribution in [3.63, 3.8) is 0 Å². The van der Waals surface area contributed by atoms with Gasteiger partial charge in [-0.25, -0.2) is 9.78 Å². The molecule has 1 aromatic heterocycles. The fraction of sp³-hybridized carbons (Fsp3) is 0.389. The fourth-order valence-electron chi connectivity index (χ4n) is 2.93. The first kappa shape index (κ1) is 17.0. The van der Waals surface area contributed by atoms with Crippen LogP contribution < -0.4 is 10.6 Å². The number of rotatable bonds is 4. The second kappa shape index (κ2) is 7.38. The number of hydrogen-bond donors (Lipinski definition) is 2. The van der Waals surface area contributed by atoms with Gasteiger partial charge in [0, 0.05) is 24.3 Å². The Bertz CT molecular complexity index is 743. The molecule has 132 valence electrons. The van der Waals surface area contributed by atoms with Gasteiger partial charge >= 0.3 is 6.03 Å². The lowest BCUT2D eigenvalue weighted by atomic mass is 10.0. The van der Waals surface area contributed by atoms with Gasteiger partial charge in [0.2, 0.25) is 11.8 Å². The van der Waals surface area contributed by atoms with Gasteiger partial charge in [-0.2, -0.15) is 0 Å². The summed E-state index contributed by atoms with van der Waals surface area (Å²) in [4.78, 5) is 30.6. The van der Waals surface area contributed by atoms with E-state index in [0.717, 1.165) is 5.56 Å². The second-order valence-electron chi connectivity index (χ2n) is 6.48. The van der Waals surface area contributed by atoms with Crippen LogP contribution in [0, 0.1) is 5.92 Å².